The van der Waals surface area contributed by atoms with Gasteiger partial charge in [0.1, 0.15) is 6.07 Å². The summed E-state index contributed by atoms with van der Waals surface area (Å²) in [6, 6.07) is 14.2. The number of carbonyl (C=O) groups excluding carboxylic acids is 1. The first-order valence-electron chi connectivity index (χ1n) is 17.8. The maximum atomic E-state index is 13.0. The molecule has 0 unspecified atom stereocenters. The molecule has 6 heteroatoms. The molecule has 236 valence electrons. The second kappa shape index (κ2) is 11.6. The zero-order chi connectivity index (χ0) is 31.5. The number of benzene rings is 2. The van der Waals surface area contributed by atoms with E-state index in [1.165, 1.54) is 79.0 Å². The van der Waals surface area contributed by atoms with Crippen LogP contribution >= 0.6 is 0 Å². The van der Waals surface area contributed by atoms with Crippen LogP contribution in [0, 0.1) is 23.2 Å². The Morgan fingerprint density at radius 2 is 1.74 bits per heavy atom. The highest BCUT2D eigenvalue weighted by atomic mass is 16.2. The Labute approximate surface area is 276 Å². The van der Waals surface area contributed by atoms with E-state index < -0.39 is 0 Å². The van der Waals surface area contributed by atoms with Gasteiger partial charge in [0, 0.05) is 66.8 Å². The first kappa shape index (κ1) is 28.7. The summed E-state index contributed by atoms with van der Waals surface area (Å²) in [7, 11) is 0. The van der Waals surface area contributed by atoms with E-state index in [1.54, 1.807) is 41.5 Å². The highest BCUT2D eigenvalue weighted by Gasteiger charge is 2.44. The number of piperazine rings is 1. The van der Waals surface area contributed by atoms with Crippen LogP contribution in [-0.4, -0.2) is 46.5 Å². The SMILES string of the molecule is N#Cc1cncc2cnccc12.O=C(C1CC1)N1CCN(c2cc(C3CC3)c3ccc4c(c3c2)CCC2=C4C=CCC2)C[C@H]1C1CC1. The molecule has 0 radical (unpaired) electrons. The smallest absolute Gasteiger partial charge is 0.226 e. The number of carbonyl (C=O) groups is 1. The van der Waals surface area contributed by atoms with E-state index in [2.05, 4.69) is 62.3 Å². The molecule has 0 bridgehead atoms. The first-order chi connectivity index (χ1) is 23.2. The fraction of sp³-hybridized carbons (Fsp3) is 0.415. The Bertz CT molecular complexity index is 2000. The van der Waals surface area contributed by atoms with E-state index in [0.29, 0.717) is 23.4 Å². The van der Waals surface area contributed by atoms with Crippen LogP contribution in [0.5, 0.6) is 0 Å². The quantitative estimate of drug-likeness (QED) is 0.231. The molecule has 47 heavy (non-hydrogen) atoms. The van der Waals surface area contributed by atoms with Gasteiger partial charge in [-0.05, 0) is 127 Å². The molecule has 2 aromatic carbocycles. The minimum Gasteiger partial charge on any atom is -0.368 e. The lowest BCUT2D eigenvalue weighted by Gasteiger charge is -2.43. The predicted octanol–water partition coefficient (Wildman–Crippen LogP) is 8.11. The number of hydrogen-bond donors (Lipinski definition) is 0. The number of rotatable bonds is 4. The second-order valence-electron chi connectivity index (χ2n) is 14.5. The number of hydrogen-bond acceptors (Lipinski definition) is 5. The number of nitrogens with zero attached hydrogens (tertiary/aromatic N) is 5. The van der Waals surface area contributed by atoms with Gasteiger partial charge in [-0.1, -0.05) is 29.9 Å². The summed E-state index contributed by atoms with van der Waals surface area (Å²) < 4.78 is 0. The molecule has 5 aliphatic carbocycles. The van der Waals surface area contributed by atoms with Gasteiger partial charge in [-0.2, -0.15) is 5.26 Å². The maximum absolute atomic E-state index is 13.0. The predicted molar refractivity (Wildman–Crippen MR) is 187 cm³/mol. The number of amides is 1. The van der Waals surface area contributed by atoms with E-state index in [0.717, 1.165) is 55.1 Å². The Kier molecular flexibility index (Phi) is 7.10. The fourth-order valence-electron chi connectivity index (χ4n) is 8.34. The summed E-state index contributed by atoms with van der Waals surface area (Å²) in [5, 5.41) is 13.5. The number of fused-ring (bicyclic) bond motifs is 5. The van der Waals surface area contributed by atoms with E-state index in [4.69, 9.17) is 5.26 Å². The van der Waals surface area contributed by atoms with Crippen LogP contribution < -0.4 is 4.90 Å². The lowest BCUT2D eigenvalue weighted by Crippen LogP contribution is -2.56. The molecule has 1 saturated heterocycles. The summed E-state index contributed by atoms with van der Waals surface area (Å²) in [5.74, 6) is 2.25. The molecular weight excluding hydrogens is 578 g/mol. The van der Waals surface area contributed by atoms with Crippen molar-refractivity contribution in [3.05, 3.63) is 95.1 Å². The molecule has 2 aromatic heterocycles. The lowest BCUT2D eigenvalue weighted by atomic mass is 9.79. The molecule has 3 heterocycles. The summed E-state index contributed by atoms with van der Waals surface area (Å²) in [6.07, 6.45) is 23.7. The van der Waals surface area contributed by atoms with Crippen molar-refractivity contribution in [1.82, 2.24) is 14.9 Å². The number of aromatic nitrogens is 2. The third-order valence-corrected chi connectivity index (χ3v) is 11.4. The van der Waals surface area contributed by atoms with Crippen LogP contribution in [0.4, 0.5) is 5.69 Å². The standard InChI is InChI=1S/C32H36N2O.C9H5N3/c35-32(23-9-10-23)34-16-15-33(19-31(34)22-7-8-22)24-17-29(21-5-6-21)28-14-13-26-25-4-2-1-3-20(25)11-12-27(26)30(28)18-24;10-3-7-4-12-6-8-5-11-2-1-9(7)8/h2,4,13-14,17-18,21-23,31H,1,3,5-12,15-16,19H2;1-2,4-6H/t31-;/m0./s1. The molecule has 3 saturated carbocycles. The van der Waals surface area contributed by atoms with E-state index in [1.807, 2.05) is 6.07 Å². The van der Waals surface area contributed by atoms with Crippen LogP contribution in [0.1, 0.15) is 86.0 Å². The van der Waals surface area contributed by atoms with Crippen molar-refractivity contribution < 1.29 is 4.79 Å². The van der Waals surface area contributed by atoms with Gasteiger partial charge >= 0.3 is 0 Å². The molecular formula is C41H41N5O. The third-order valence-electron chi connectivity index (χ3n) is 11.4. The Morgan fingerprint density at radius 3 is 2.55 bits per heavy atom. The van der Waals surface area contributed by atoms with Gasteiger partial charge in [-0.25, -0.2) is 0 Å². The number of allylic oxidation sites excluding steroid dienone is 4. The monoisotopic (exact) mass is 619 g/mol. The fourth-order valence-corrected chi connectivity index (χ4v) is 8.34. The molecule has 1 atom stereocenters. The summed E-state index contributed by atoms with van der Waals surface area (Å²) in [6.45, 7) is 2.90. The topological polar surface area (TPSA) is 73.1 Å². The molecule has 4 aromatic rings. The Morgan fingerprint density at radius 1 is 0.872 bits per heavy atom. The minimum atomic E-state index is 0.337. The number of anilines is 1. The van der Waals surface area contributed by atoms with Crippen molar-refractivity contribution >= 4 is 38.7 Å². The third kappa shape index (κ3) is 5.40. The largest absolute Gasteiger partial charge is 0.368 e. The first-order valence-corrected chi connectivity index (χ1v) is 17.8. The molecule has 0 N–H and O–H groups in total. The van der Waals surface area contributed by atoms with Gasteiger partial charge in [-0.15, -0.1) is 0 Å². The Balaban J connectivity index is 0.000000213. The van der Waals surface area contributed by atoms with Crippen molar-refractivity contribution in [3.63, 3.8) is 0 Å². The molecule has 6 aliphatic rings. The van der Waals surface area contributed by atoms with Crippen molar-refractivity contribution in [2.45, 2.75) is 76.2 Å². The van der Waals surface area contributed by atoms with Gasteiger partial charge in [0.25, 0.3) is 0 Å². The van der Waals surface area contributed by atoms with Crippen LogP contribution in [0.3, 0.4) is 0 Å². The molecule has 1 amide bonds. The van der Waals surface area contributed by atoms with E-state index in [-0.39, 0.29) is 0 Å². The van der Waals surface area contributed by atoms with Gasteiger partial charge in [0.05, 0.1) is 11.6 Å². The summed E-state index contributed by atoms with van der Waals surface area (Å²) in [4.78, 5) is 25.8. The van der Waals surface area contributed by atoms with Crippen LogP contribution in [0.2, 0.25) is 0 Å². The van der Waals surface area contributed by atoms with Crippen LogP contribution in [0.15, 0.2) is 72.8 Å². The van der Waals surface area contributed by atoms with Crippen molar-refractivity contribution in [1.29, 1.82) is 5.26 Å². The zero-order valence-electron chi connectivity index (χ0n) is 27.0. The van der Waals surface area contributed by atoms with E-state index >= 15 is 0 Å². The van der Waals surface area contributed by atoms with Crippen molar-refractivity contribution in [2.75, 3.05) is 24.5 Å². The van der Waals surface area contributed by atoms with E-state index in [9.17, 15) is 4.79 Å². The number of pyridine rings is 2. The highest BCUT2D eigenvalue weighted by Crippen LogP contribution is 2.48. The minimum absolute atomic E-state index is 0.337. The van der Waals surface area contributed by atoms with Crippen molar-refractivity contribution in [3.8, 4) is 6.07 Å². The summed E-state index contributed by atoms with van der Waals surface area (Å²) >= 11 is 0. The highest BCUT2D eigenvalue weighted by molar-refractivity contribution is 5.98. The average molecular weight is 620 g/mol. The average Bonchev–Trinajstić information content (AvgIpc) is 3.97. The molecule has 10 rings (SSSR count). The normalized spacial score (nSPS) is 22.0. The van der Waals surface area contributed by atoms with Crippen LogP contribution in [-0.2, 0) is 11.2 Å². The van der Waals surface area contributed by atoms with Gasteiger partial charge in [-0.3, -0.25) is 14.8 Å². The molecule has 0 spiro atoms. The number of aryl methyl sites for hydroxylation is 1. The molecule has 4 fully saturated rings. The lowest BCUT2D eigenvalue weighted by molar-refractivity contribution is -0.135. The molecule has 6 nitrogen and oxygen atoms in total. The van der Waals surface area contributed by atoms with Crippen molar-refractivity contribution in [2.24, 2.45) is 11.8 Å². The van der Waals surface area contributed by atoms with Gasteiger partial charge in [0.15, 0.2) is 0 Å². The van der Waals surface area contributed by atoms with Gasteiger partial charge < -0.3 is 9.80 Å². The van der Waals surface area contributed by atoms with Gasteiger partial charge in [0.2, 0.25) is 5.91 Å². The number of nitriles is 1. The second-order valence-corrected chi connectivity index (χ2v) is 14.5. The Hall–Kier alpha value is -4.50. The maximum Gasteiger partial charge on any atom is 0.226 e. The molecule has 1 aliphatic heterocycles. The van der Waals surface area contributed by atoms with Crippen LogP contribution in [0.25, 0.3) is 27.1 Å². The zero-order valence-corrected chi connectivity index (χ0v) is 27.0. The summed E-state index contributed by atoms with van der Waals surface area (Å²) in [5.41, 5.74) is 9.84.